The zero-order valence-corrected chi connectivity index (χ0v) is 13.2. The van der Waals surface area contributed by atoms with E-state index >= 15 is 0 Å². The Morgan fingerprint density at radius 3 is 2.61 bits per heavy atom. The molecule has 0 saturated heterocycles. The molecule has 0 aromatic heterocycles. The standard InChI is InChI=1S/C15H19F3N2O2.ClH/c16-15(17,18)11-3-1-2-9(6-11)4-5-20-14(22)10-7-12(19)13(21)8-10;/h1-3,6,10,12-13,21H,4-5,7-8,19H2,(H,20,22);1H/t10-,12+,13+;/m0./s1. The van der Waals surface area contributed by atoms with Crippen molar-refractivity contribution in [3.8, 4) is 0 Å². The van der Waals surface area contributed by atoms with Gasteiger partial charge < -0.3 is 16.2 Å². The van der Waals surface area contributed by atoms with Crippen LogP contribution in [0, 0.1) is 5.92 Å². The number of benzene rings is 1. The van der Waals surface area contributed by atoms with Crippen LogP contribution in [0.15, 0.2) is 24.3 Å². The van der Waals surface area contributed by atoms with Crippen molar-refractivity contribution in [2.45, 2.75) is 37.6 Å². The minimum atomic E-state index is -4.37. The number of nitrogens with two attached hydrogens (primary N) is 1. The lowest BCUT2D eigenvalue weighted by Crippen LogP contribution is -2.32. The van der Waals surface area contributed by atoms with Crippen molar-refractivity contribution in [2.24, 2.45) is 11.7 Å². The second kappa shape index (κ2) is 7.99. The van der Waals surface area contributed by atoms with Crippen LogP contribution in [0.2, 0.25) is 0 Å². The summed E-state index contributed by atoms with van der Waals surface area (Å²) in [5, 5.41) is 12.2. The highest BCUT2D eigenvalue weighted by Crippen LogP contribution is 2.29. The number of hydrogen-bond acceptors (Lipinski definition) is 3. The minimum Gasteiger partial charge on any atom is -0.391 e. The van der Waals surface area contributed by atoms with E-state index < -0.39 is 17.8 Å². The molecule has 0 spiro atoms. The molecule has 1 saturated carbocycles. The van der Waals surface area contributed by atoms with Gasteiger partial charge >= 0.3 is 6.18 Å². The SMILES string of the molecule is Cl.N[C@@H]1C[C@H](C(=O)NCCc2cccc(C(F)(F)F)c2)C[C@H]1O. The molecule has 1 amide bonds. The molecule has 4 N–H and O–H groups in total. The number of aliphatic hydroxyl groups is 1. The van der Waals surface area contributed by atoms with Crippen molar-refractivity contribution in [2.75, 3.05) is 6.54 Å². The van der Waals surface area contributed by atoms with Crippen molar-refractivity contribution in [3.05, 3.63) is 35.4 Å². The molecule has 1 aliphatic rings. The molecular formula is C15H20ClF3N2O2. The third kappa shape index (κ3) is 5.37. The second-order valence-electron chi connectivity index (χ2n) is 5.64. The maximum atomic E-state index is 12.6. The van der Waals surface area contributed by atoms with Crippen molar-refractivity contribution < 1.29 is 23.1 Å². The lowest BCUT2D eigenvalue weighted by molar-refractivity contribution is -0.137. The van der Waals surface area contributed by atoms with Gasteiger partial charge in [-0.05, 0) is 30.9 Å². The molecule has 2 rings (SSSR count). The average Bonchev–Trinajstić information content (AvgIpc) is 2.78. The highest BCUT2D eigenvalue weighted by Gasteiger charge is 2.34. The van der Waals surface area contributed by atoms with Gasteiger partial charge in [0.1, 0.15) is 0 Å². The number of hydrogen-bond donors (Lipinski definition) is 3. The molecule has 1 aliphatic carbocycles. The van der Waals surface area contributed by atoms with Crippen LogP contribution in [-0.2, 0) is 17.4 Å². The fourth-order valence-corrected chi connectivity index (χ4v) is 2.64. The van der Waals surface area contributed by atoms with E-state index in [9.17, 15) is 23.1 Å². The van der Waals surface area contributed by atoms with Crippen LogP contribution >= 0.6 is 12.4 Å². The van der Waals surface area contributed by atoms with E-state index in [0.717, 1.165) is 12.1 Å². The van der Waals surface area contributed by atoms with Crippen LogP contribution in [-0.4, -0.2) is 29.7 Å². The number of carbonyl (C=O) groups excluding carboxylic acids is 1. The lowest BCUT2D eigenvalue weighted by atomic mass is 10.1. The Balaban J connectivity index is 0.00000264. The third-order valence-electron chi connectivity index (χ3n) is 3.91. The number of amides is 1. The van der Waals surface area contributed by atoms with E-state index in [2.05, 4.69) is 5.32 Å². The first-order chi connectivity index (χ1) is 10.3. The smallest absolute Gasteiger partial charge is 0.391 e. The predicted octanol–water partition coefficient (Wildman–Crippen LogP) is 1.88. The minimum absolute atomic E-state index is 0. The topological polar surface area (TPSA) is 75.4 Å². The first-order valence-corrected chi connectivity index (χ1v) is 7.15. The quantitative estimate of drug-likeness (QED) is 0.774. The lowest BCUT2D eigenvalue weighted by Gasteiger charge is -2.11. The predicted molar refractivity (Wildman–Crippen MR) is 82.1 cm³/mol. The summed E-state index contributed by atoms with van der Waals surface area (Å²) < 4.78 is 37.8. The fraction of sp³-hybridized carbons (Fsp3) is 0.533. The first-order valence-electron chi connectivity index (χ1n) is 7.15. The molecule has 1 aromatic carbocycles. The van der Waals surface area contributed by atoms with Crippen molar-refractivity contribution in [1.82, 2.24) is 5.32 Å². The van der Waals surface area contributed by atoms with Crippen LogP contribution < -0.4 is 11.1 Å². The van der Waals surface area contributed by atoms with Gasteiger partial charge in [0.15, 0.2) is 0 Å². The van der Waals surface area contributed by atoms with Crippen molar-refractivity contribution in [3.63, 3.8) is 0 Å². The summed E-state index contributed by atoms with van der Waals surface area (Å²) in [6.07, 6.45) is -3.96. The zero-order valence-electron chi connectivity index (χ0n) is 12.3. The zero-order chi connectivity index (χ0) is 16.3. The number of halogens is 4. The number of nitrogens with one attached hydrogen (secondary N) is 1. The first kappa shape index (κ1) is 19.7. The number of aliphatic hydroxyl groups excluding tert-OH is 1. The van der Waals surface area contributed by atoms with E-state index in [1.165, 1.54) is 6.07 Å². The molecule has 0 radical (unpaired) electrons. The van der Waals surface area contributed by atoms with Gasteiger partial charge in [-0.2, -0.15) is 13.2 Å². The molecule has 1 fully saturated rings. The average molecular weight is 353 g/mol. The highest BCUT2D eigenvalue weighted by molar-refractivity contribution is 5.85. The molecule has 1 aromatic rings. The Labute approximate surface area is 138 Å². The van der Waals surface area contributed by atoms with Gasteiger partial charge in [-0.3, -0.25) is 4.79 Å². The van der Waals surface area contributed by atoms with Crippen LogP contribution in [0.4, 0.5) is 13.2 Å². The maximum absolute atomic E-state index is 12.6. The molecule has 0 heterocycles. The van der Waals surface area contributed by atoms with E-state index in [0.29, 0.717) is 24.8 Å². The largest absolute Gasteiger partial charge is 0.416 e. The highest BCUT2D eigenvalue weighted by atomic mass is 35.5. The fourth-order valence-electron chi connectivity index (χ4n) is 2.64. The molecule has 0 aliphatic heterocycles. The molecule has 23 heavy (non-hydrogen) atoms. The van der Waals surface area contributed by atoms with E-state index in [4.69, 9.17) is 5.73 Å². The molecule has 4 nitrogen and oxygen atoms in total. The van der Waals surface area contributed by atoms with E-state index in [1.54, 1.807) is 6.07 Å². The van der Waals surface area contributed by atoms with Gasteiger partial charge in [0.2, 0.25) is 5.91 Å². The van der Waals surface area contributed by atoms with Gasteiger partial charge in [0, 0.05) is 18.5 Å². The van der Waals surface area contributed by atoms with Gasteiger partial charge in [-0.25, -0.2) is 0 Å². The summed E-state index contributed by atoms with van der Waals surface area (Å²) in [4.78, 5) is 11.9. The van der Waals surface area contributed by atoms with Crippen LogP contribution in [0.25, 0.3) is 0 Å². The van der Waals surface area contributed by atoms with Crippen molar-refractivity contribution in [1.29, 1.82) is 0 Å². The van der Waals surface area contributed by atoms with Crippen molar-refractivity contribution >= 4 is 18.3 Å². The van der Waals surface area contributed by atoms with Gasteiger partial charge in [0.05, 0.1) is 11.7 Å². The molecule has 8 heteroatoms. The summed E-state index contributed by atoms with van der Waals surface area (Å²) >= 11 is 0. The van der Waals surface area contributed by atoms with Crippen LogP contribution in [0.5, 0.6) is 0 Å². The van der Waals surface area contributed by atoms with Gasteiger partial charge in [-0.15, -0.1) is 12.4 Å². The summed E-state index contributed by atoms with van der Waals surface area (Å²) in [5.41, 5.74) is 5.47. The summed E-state index contributed by atoms with van der Waals surface area (Å²) in [5.74, 6) is -0.537. The summed E-state index contributed by atoms with van der Waals surface area (Å²) in [6.45, 7) is 0.252. The Bertz CT molecular complexity index is 530. The second-order valence-corrected chi connectivity index (χ2v) is 5.64. The normalized spacial score (nSPS) is 24.1. The molecule has 130 valence electrons. The number of rotatable bonds is 4. The molecule has 0 unspecified atom stereocenters. The van der Waals surface area contributed by atoms with Gasteiger partial charge in [-0.1, -0.05) is 18.2 Å². The summed E-state index contributed by atoms with van der Waals surface area (Å²) in [6, 6.07) is 4.66. The maximum Gasteiger partial charge on any atom is 0.416 e. The number of alkyl halides is 3. The van der Waals surface area contributed by atoms with Crippen LogP contribution in [0.3, 0.4) is 0 Å². The van der Waals surface area contributed by atoms with E-state index in [1.807, 2.05) is 0 Å². The Morgan fingerprint density at radius 2 is 2.04 bits per heavy atom. The monoisotopic (exact) mass is 352 g/mol. The molecular weight excluding hydrogens is 333 g/mol. The van der Waals surface area contributed by atoms with Gasteiger partial charge in [0.25, 0.3) is 0 Å². The third-order valence-corrected chi connectivity index (χ3v) is 3.91. The molecule has 3 atom stereocenters. The Hall–Kier alpha value is -1.31. The number of carbonyl (C=O) groups is 1. The van der Waals surface area contributed by atoms with Crippen LogP contribution in [0.1, 0.15) is 24.0 Å². The Kier molecular flexibility index (Phi) is 6.85. The molecule has 0 bridgehead atoms. The Morgan fingerprint density at radius 1 is 1.35 bits per heavy atom. The summed E-state index contributed by atoms with van der Waals surface area (Å²) in [7, 11) is 0. The van der Waals surface area contributed by atoms with E-state index in [-0.39, 0.29) is 36.8 Å².